The second-order valence-corrected chi connectivity index (χ2v) is 8.49. The highest BCUT2D eigenvalue weighted by Crippen LogP contribution is 2.37. The van der Waals surface area contributed by atoms with Crippen LogP contribution in [0, 0.1) is 6.92 Å². The molecule has 0 saturated carbocycles. The summed E-state index contributed by atoms with van der Waals surface area (Å²) in [6.45, 7) is 4.75. The molecule has 0 aromatic carbocycles. The molecule has 0 bridgehead atoms. The van der Waals surface area contributed by atoms with Crippen molar-refractivity contribution in [3.05, 3.63) is 35.6 Å². The fourth-order valence-electron chi connectivity index (χ4n) is 2.11. The predicted molar refractivity (Wildman–Crippen MR) is 91.1 cm³/mol. The summed E-state index contributed by atoms with van der Waals surface area (Å²) in [5.74, 6) is 5.72. The zero-order valence-electron chi connectivity index (χ0n) is 11.1. The first-order valence-electron chi connectivity index (χ1n) is 6.10. The highest BCUT2D eigenvalue weighted by Gasteiger charge is 2.21. The van der Waals surface area contributed by atoms with Gasteiger partial charge in [0.25, 0.3) is 0 Å². The van der Waals surface area contributed by atoms with Gasteiger partial charge in [0.2, 0.25) is 0 Å². The zero-order valence-corrected chi connectivity index (χ0v) is 15.8. The molecule has 0 spiro atoms. The molecule has 1 unspecified atom stereocenters. The van der Waals surface area contributed by atoms with Crippen LogP contribution in [0.25, 0.3) is 0 Å². The molecule has 2 rings (SSSR count). The van der Waals surface area contributed by atoms with Crippen LogP contribution in [0.2, 0.25) is 5.02 Å². The number of nitrogens with two attached hydrogens (primary N) is 1. The lowest BCUT2D eigenvalue weighted by atomic mass is 10.1. The van der Waals surface area contributed by atoms with Crippen LogP contribution in [0.3, 0.4) is 0 Å². The normalized spacial score (nSPS) is 12.9. The van der Waals surface area contributed by atoms with Crippen molar-refractivity contribution in [3.8, 4) is 0 Å². The molecule has 4 nitrogen and oxygen atoms in total. The van der Waals surface area contributed by atoms with E-state index in [1.54, 1.807) is 11.3 Å². The van der Waals surface area contributed by atoms with E-state index in [4.69, 9.17) is 17.4 Å². The number of thiophene rings is 1. The van der Waals surface area contributed by atoms with Crippen LogP contribution in [-0.4, -0.2) is 9.78 Å². The van der Waals surface area contributed by atoms with Crippen molar-refractivity contribution >= 4 is 54.8 Å². The molecule has 3 N–H and O–H groups in total. The van der Waals surface area contributed by atoms with Gasteiger partial charge in [-0.15, -0.1) is 11.3 Å². The fraction of sp³-hybridized carbons (Fsp3) is 0.417. The predicted octanol–water partition coefficient (Wildman–Crippen LogP) is 4.20. The highest BCUT2D eigenvalue weighted by atomic mass is 79.9. The van der Waals surface area contributed by atoms with Gasteiger partial charge in [-0.1, -0.05) is 11.6 Å². The highest BCUT2D eigenvalue weighted by molar-refractivity contribution is 9.12. The Morgan fingerprint density at radius 2 is 2.25 bits per heavy atom. The Morgan fingerprint density at radius 1 is 1.55 bits per heavy atom. The van der Waals surface area contributed by atoms with Crippen molar-refractivity contribution in [2.45, 2.75) is 32.9 Å². The minimum absolute atomic E-state index is 0.0224. The largest absolute Gasteiger partial charge is 0.271 e. The average Bonchev–Trinajstić information content (AvgIpc) is 2.88. The molecule has 110 valence electrons. The van der Waals surface area contributed by atoms with E-state index in [-0.39, 0.29) is 6.04 Å². The summed E-state index contributed by atoms with van der Waals surface area (Å²) in [4.78, 5) is 0. The summed E-state index contributed by atoms with van der Waals surface area (Å²) in [5, 5.41) is 5.15. The zero-order chi connectivity index (χ0) is 14.9. The van der Waals surface area contributed by atoms with Crippen molar-refractivity contribution in [2.75, 3.05) is 0 Å². The van der Waals surface area contributed by atoms with Gasteiger partial charge in [-0.25, -0.2) is 0 Å². The van der Waals surface area contributed by atoms with Crippen LogP contribution >= 0.6 is 54.8 Å². The lowest BCUT2D eigenvalue weighted by Gasteiger charge is -2.16. The molecule has 8 heteroatoms. The Bertz CT molecular complexity index is 611. The second kappa shape index (κ2) is 6.89. The molecular weight excluding hydrogens is 427 g/mol. The van der Waals surface area contributed by atoms with Crippen LogP contribution in [-0.2, 0) is 13.0 Å². The van der Waals surface area contributed by atoms with E-state index in [2.05, 4.69) is 48.5 Å². The van der Waals surface area contributed by atoms with Crippen LogP contribution in [0.5, 0.6) is 0 Å². The first-order valence-corrected chi connectivity index (χ1v) is 8.88. The fourth-order valence-corrected chi connectivity index (χ4v) is 5.29. The number of hydrogen-bond acceptors (Lipinski definition) is 4. The lowest BCUT2D eigenvalue weighted by molar-refractivity contribution is 0.517. The van der Waals surface area contributed by atoms with Crippen molar-refractivity contribution in [1.82, 2.24) is 15.2 Å². The third-order valence-corrected chi connectivity index (χ3v) is 5.99. The molecule has 0 aliphatic rings. The number of rotatable bonds is 5. The molecule has 0 aliphatic heterocycles. The lowest BCUT2D eigenvalue weighted by Crippen LogP contribution is -2.30. The van der Waals surface area contributed by atoms with E-state index >= 15 is 0 Å². The van der Waals surface area contributed by atoms with E-state index in [0.717, 1.165) is 36.1 Å². The molecule has 0 aliphatic carbocycles. The Balaban J connectivity index is 2.34. The van der Waals surface area contributed by atoms with Crippen molar-refractivity contribution in [2.24, 2.45) is 5.84 Å². The summed E-state index contributed by atoms with van der Waals surface area (Å²) < 4.78 is 4.05. The van der Waals surface area contributed by atoms with Crippen LogP contribution in [0.4, 0.5) is 0 Å². The minimum atomic E-state index is -0.0224. The third-order valence-electron chi connectivity index (χ3n) is 3.11. The van der Waals surface area contributed by atoms with Gasteiger partial charge in [-0.05, 0) is 57.3 Å². The first kappa shape index (κ1) is 16.5. The van der Waals surface area contributed by atoms with E-state index in [0.29, 0.717) is 6.42 Å². The van der Waals surface area contributed by atoms with Gasteiger partial charge >= 0.3 is 0 Å². The Morgan fingerprint density at radius 3 is 2.75 bits per heavy atom. The van der Waals surface area contributed by atoms with Gasteiger partial charge in [-0.3, -0.25) is 16.0 Å². The minimum Gasteiger partial charge on any atom is -0.271 e. The smallest absolute Gasteiger partial charge is 0.0847 e. The van der Waals surface area contributed by atoms with Gasteiger partial charge < -0.3 is 0 Å². The number of nitrogens with one attached hydrogen (secondary N) is 1. The summed E-state index contributed by atoms with van der Waals surface area (Å²) in [5.41, 5.74) is 5.83. The van der Waals surface area contributed by atoms with Gasteiger partial charge in [-0.2, -0.15) is 5.10 Å². The van der Waals surface area contributed by atoms with Gasteiger partial charge in [0.1, 0.15) is 0 Å². The molecule has 0 radical (unpaired) electrons. The number of halogens is 3. The molecule has 2 aromatic rings. The van der Waals surface area contributed by atoms with Crippen molar-refractivity contribution in [3.63, 3.8) is 0 Å². The second-order valence-electron chi connectivity index (χ2n) is 4.36. The van der Waals surface area contributed by atoms with Crippen LogP contribution in [0.1, 0.15) is 29.9 Å². The maximum Gasteiger partial charge on any atom is 0.0847 e. The van der Waals surface area contributed by atoms with E-state index in [9.17, 15) is 0 Å². The van der Waals surface area contributed by atoms with Gasteiger partial charge in [0.15, 0.2) is 0 Å². The molecule has 20 heavy (non-hydrogen) atoms. The number of aromatic nitrogens is 2. The Hall–Kier alpha value is 0.0800. The third kappa shape index (κ3) is 3.28. The van der Waals surface area contributed by atoms with Crippen LogP contribution < -0.4 is 11.3 Å². The van der Waals surface area contributed by atoms with Gasteiger partial charge in [0, 0.05) is 13.0 Å². The topological polar surface area (TPSA) is 55.9 Å². The summed E-state index contributed by atoms with van der Waals surface area (Å²) in [7, 11) is 0. The molecule has 0 fully saturated rings. The van der Waals surface area contributed by atoms with Crippen molar-refractivity contribution in [1.29, 1.82) is 0 Å². The number of hydrazine groups is 1. The van der Waals surface area contributed by atoms with Gasteiger partial charge in [0.05, 0.1) is 30.0 Å². The standard InChI is InChI=1S/C12H15Br2ClN4S/c1-3-19-9(11(15)6(2)18-19)5-8(17-16)7-4-10(13)20-12(7)14/h4,8,17H,3,5,16H2,1-2H3. The number of hydrogen-bond donors (Lipinski definition) is 2. The summed E-state index contributed by atoms with van der Waals surface area (Å²) >= 11 is 15.0. The molecule has 0 saturated heterocycles. The summed E-state index contributed by atoms with van der Waals surface area (Å²) in [6.07, 6.45) is 0.686. The number of nitrogens with zero attached hydrogens (tertiary/aromatic N) is 2. The van der Waals surface area contributed by atoms with E-state index < -0.39 is 0 Å². The Labute approximate surface area is 143 Å². The quantitative estimate of drug-likeness (QED) is 0.539. The average molecular weight is 443 g/mol. The van der Waals surface area contributed by atoms with Crippen LogP contribution in [0.15, 0.2) is 13.6 Å². The Kier molecular flexibility index (Phi) is 5.67. The number of aryl methyl sites for hydroxylation is 2. The molecule has 1 atom stereocenters. The summed E-state index contributed by atoms with van der Waals surface area (Å²) in [6, 6.07) is 2.04. The van der Waals surface area contributed by atoms with Crippen molar-refractivity contribution < 1.29 is 0 Å². The maximum absolute atomic E-state index is 6.36. The van der Waals surface area contributed by atoms with E-state index in [1.165, 1.54) is 0 Å². The maximum atomic E-state index is 6.36. The first-order chi connectivity index (χ1) is 9.47. The SMILES string of the molecule is CCn1nc(C)c(Cl)c1CC(NN)c1cc(Br)sc1Br. The molecule has 2 aromatic heterocycles. The van der Waals surface area contributed by atoms with E-state index in [1.807, 2.05) is 18.5 Å². The molecule has 2 heterocycles. The molecular formula is C12H15Br2ClN4S. The molecule has 0 amide bonds. The monoisotopic (exact) mass is 440 g/mol.